The van der Waals surface area contributed by atoms with Crippen molar-refractivity contribution in [2.45, 2.75) is 90.6 Å². The SMILES string of the molecule is COc1ccc(COCCCC[C@H](C[C@H](C)CCO)O[Si](C)(C)C(C)(C)C)cc1. The van der Waals surface area contributed by atoms with Crippen LogP contribution >= 0.6 is 0 Å². The maximum absolute atomic E-state index is 9.25. The molecule has 0 bridgehead atoms. The summed E-state index contributed by atoms with van der Waals surface area (Å²) < 4.78 is 17.7. The molecular weight excluding hydrogens is 380 g/mol. The van der Waals surface area contributed by atoms with Gasteiger partial charge in [-0.25, -0.2) is 0 Å². The number of hydrogen-bond acceptors (Lipinski definition) is 4. The zero-order chi connectivity index (χ0) is 21.9. The topological polar surface area (TPSA) is 47.9 Å². The second kappa shape index (κ2) is 12.7. The van der Waals surface area contributed by atoms with Crippen molar-refractivity contribution in [3.8, 4) is 5.75 Å². The summed E-state index contributed by atoms with van der Waals surface area (Å²) >= 11 is 0. The van der Waals surface area contributed by atoms with Crippen molar-refractivity contribution < 1.29 is 19.0 Å². The molecular formula is C24H44O4Si. The van der Waals surface area contributed by atoms with Crippen molar-refractivity contribution in [2.24, 2.45) is 5.92 Å². The fourth-order valence-corrected chi connectivity index (χ4v) is 4.49. The van der Waals surface area contributed by atoms with Gasteiger partial charge in [0.05, 0.1) is 13.7 Å². The van der Waals surface area contributed by atoms with Gasteiger partial charge in [-0.15, -0.1) is 0 Å². The number of benzene rings is 1. The molecule has 0 aliphatic rings. The largest absolute Gasteiger partial charge is 0.497 e. The molecule has 0 heterocycles. The third kappa shape index (κ3) is 10.1. The Kier molecular flexibility index (Phi) is 11.5. The van der Waals surface area contributed by atoms with E-state index in [1.54, 1.807) is 7.11 Å². The molecule has 0 saturated carbocycles. The summed E-state index contributed by atoms with van der Waals surface area (Å²) in [5.41, 5.74) is 1.17. The molecule has 0 aliphatic heterocycles. The second-order valence-corrected chi connectivity index (χ2v) is 14.5. The lowest BCUT2D eigenvalue weighted by Crippen LogP contribution is -2.44. The van der Waals surface area contributed by atoms with E-state index in [2.05, 4.69) is 40.8 Å². The van der Waals surface area contributed by atoms with E-state index < -0.39 is 8.32 Å². The van der Waals surface area contributed by atoms with E-state index in [0.717, 1.165) is 44.5 Å². The van der Waals surface area contributed by atoms with Gasteiger partial charge in [-0.1, -0.05) is 39.8 Å². The summed E-state index contributed by atoms with van der Waals surface area (Å²) in [6, 6.07) is 8.03. The molecule has 0 spiro atoms. The Bertz CT molecular complexity index is 551. The van der Waals surface area contributed by atoms with E-state index in [1.807, 2.05) is 24.3 Å². The Morgan fingerprint density at radius 1 is 1.03 bits per heavy atom. The molecule has 0 saturated heterocycles. The Morgan fingerprint density at radius 3 is 2.24 bits per heavy atom. The van der Waals surface area contributed by atoms with Crippen molar-refractivity contribution in [1.29, 1.82) is 0 Å². The molecule has 0 fully saturated rings. The normalized spacial score (nSPS) is 14.6. The van der Waals surface area contributed by atoms with Crippen LogP contribution in [0.25, 0.3) is 0 Å². The van der Waals surface area contributed by atoms with Crippen LogP contribution in [0.15, 0.2) is 24.3 Å². The maximum Gasteiger partial charge on any atom is 0.192 e. The minimum Gasteiger partial charge on any atom is -0.497 e. The highest BCUT2D eigenvalue weighted by molar-refractivity contribution is 6.74. The number of rotatable bonds is 14. The highest BCUT2D eigenvalue weighted by Crippen LogP contribution is 2.38. The van der Waals surface area contributed by atoms with Crippen LogP contribution in [0.1, 0.15) is 65.4 Å². The van der Waals surface area contributed by atoms with E-state index in [9.17, 15) is 5.11 Å². The smallest absolute Gasteiger partial charge is 0.192 e. The maximum atomic E-state index is 9.25. The van der Waals surface area contributed by atoms with Gasteiger partial charge in [-0.05, 0) is 73.9 Å². The molecule has 0 amide bonds. The van der Waals surface area contributed by atoms with Crippen LogP contribution in [-0.4, -0.2) is 39.9 Å². The predicted molar refractivity (Wildman–Crippen MR) is 124 cm³/mol. The van der Waals surface area contributed by atoms with Crippen molar-refractivity contribution in [2.75, 3.05) is 20.3 Å². The third-order valence-corrected chi connectivity index (χ3v) is 10.6. The van der Waals surface area contributed by atoms with Gasteiger partial charge in [0.15, 0.2) is 8.32 Å². The molecule has 1 aromatic rings. The Labute approximate surface area is 180 Å². The Balaban J connectivity index is 2.41. The third-order valence-electron chi connectivity index (χ3n) is 6.05. The first kappa shape index (κ1) is 26.2. The van der Waals surface area contributed by atoms with E-state index in [1.165, 1.54) is 5.56 Å². The van der Waals surface area contributed by atoms with E-state index in [4.69, 9.17) is 13.9 Å². The zero-order valence-corrected chi connectivity index (χ0v) is 20.8. The second-order valence-electron chi connectivity index (χ2n) is 9.75. The number of aliphatic hydroxyl groups excluding tert-OH is 1. The van der Waals surface area contributed by atoms with Crippen molar-refractivity contribution in [3.05, 3.63) is 29.8 Å². The Morgan fingerprint density at radius 2 is 1.69 bits per heavy atom. The van der Waals surface area contributed by atoms with E-state index >= 15 is 0 Å². The summed E-state index contributed by atoms with van der Waals surface area (Å²) in [4.78, 5) is 0. The lowest BCUT2D eigenvalue weighted by Gasteiger charge is -2.40. The number of hydrogen-bond donors (Lipinski definition) is 1. The van der Waals surface area contributed by atoms with Crippen LogP contribution < -0.4 is 4.74 Å². The van der Waals surface area contributed by atoms with Gasteiger partial charge in [0.2, 0.25) is 0 Å². The minimum absolute atomic E-state index is 0.215. The lowest BCUT2D eigenvalue weighted by atomic mass is 9.97. The van der Waals surface area contributed by atoms with Gasteiger partial charge in [-0.3, -0.25) is 0 Å². The molecule has 0 aliphatic carbocycles. The summed E-state index contributed by atoms with van der Waals surface area (Å²) in [7, 11) is -0.110. The molecule has 29 heavy (non-hydrogen) atoms. The van der Waals surface area contributed by atoms with Crippen molar-refractivity contribution in [1.82, 2.24) is 0 Å². The summed E-state index contributed by atoms with van der Waals surface area (Å²) in [5.74, 6) is 1.36. The van der Waals surface area contributed by atoms with Gasteiger partial charge >= 0.3 is 0 Å². The van der Waals surface area contributed by atoms with Gasteiger partial charge in [0.25, 0.3) is 0 Å². The highest BCUT2D eigenvalue weighted by atomic mass is 28.4. The van der Waals surface area contributed by atoms with Crippen LogP contribution in [-0.2, 0) is 15.8 Å². The Hall–Kier alpha value is -0.883. The fourth-order valence-electron chi connectivity index (χ4n) is 3.09. The molecule has 5 heteroatoms. The number of methoxy groups -OCH3 is 1. The van der Waals surface area contributed by atoms with Crippen LogP contribution in [0.5, 0.6) is 5.75 Å². The van der Waals surface area contributed by atoms with E-state index in [0.29, 0.717) is 12.5 Å². The van der Waals surface area contributed by atoms with Crippen LogP contribution in [0.2, 0.25) is 18.1 Å². The molecule has 2 atom stereocenters. The first-order valence-corrected chi connectivity index (χ1v) is 14.0. The molecule has 168 valence electrons. The van der Waals surface area contributed by atoms with Gasteiger partial charge in [0.1, 0.15) is 5.75 Å². The predicted octanol–water partition coefficient (Wildman–Crippen LogP) is 6.18. The quantitative estimate of drug-likeness (QED) is 0.286. The fraction of sp³-hybridized carbons (Fsp3) is 0.750. The number of aliphatic hydroxyl groups is 1. The monoisotopic (exact) mass is 424 g/mol. The van der Waals surface area contributed by atoms with Gasteiger partial charge in [-0.2, -0.15) is 0 Å². The summed E-state index contributed by atoms with van der Waals surface area (Å²) in [5, 5.41) is 9.47. The molecule has 0 radical (unpaired) electrons. The average Bonchev–Trinajstić information content (AvgIpc) is 2.63. The highest BCUT2D eigenvalue weighted by Gasteiger charge is 2.39. The van der Waals surface area contributed by atoms with Crippen LogP contribution in [0, 0.1) is 5.92 Å². The molecule has 0 unspecified atom stereocenters. The molecule has 4 nitrogen and oxygen atoms in total. The number of unbranched alkanes of at least 4 members (excludes halogenated alkanes) is 1. The van der Waals surface area contributed by atoms with Crippen LogP contribution in [0.3, 0.4) is 0 Å². The molecule has 0 aromatic heterocycles. The summed E-state index contributed by atoms with van der Waals surface area (Å²) in [6.45, 7) is 15.4. The van der Waals surface area contributed by atoms with Gasteiger partial charge in [0, 0.05) is 19.3 Å². The zero-order valence-electron chi connectivity index (χ0n) is 19.8. The van der Waals surface area contributed by atoms with Gasteiger partial charge < -0.3 is 19.0 Å². The average molecular weight is 425 g/mol. The van der Waals surface area contributed by atoms with E-state index in [-0.39, 0.29) is 17.7 Å². The van der Waals surface area contributed by atoms with Crippen molar-refractivity contribution >= 4 is 8.32 Å². The van der Waals surface area contributed by atoms with Crippen molar-refractivity contribution in [3.63, 3.8) is 0 Å². The first-order valence-electron chi connectivity index (χ1n) is 11.1. The first-order chi connectivity index (χ1) is 13.6. The minimum atomic E-state index is -1.79. The van der Waals surface area contributed by atoms with Crippen LogP contribution in [0.4, 0.5) is 0 Å². The standard InChI is InChI=1S/C24H44O4Si/c1-20(15-16-25)18-23(28-29(6,7)24(2,3)4)10-8-9-17-27-19-21-11-13-22(26-5)14-12-21/h11-14,20,23,25H,8-10,15-19H2,1-7H3/t20-,23-/m1/s1. The molecule has 1 aromatic carbocycles. The number of ether oxygens (including phenoxy) is 2. The molecule has 1 rings (SSSR count). The lowest BCUT2D eigenvalue weighted by molar-refractivity contribution is 0.104. The molecule has 1 N–H and O–H groups in total. The summed E-state index contributed by atoms with van der Waals surface area (Å²) in [6.07, 6.45) is 5.37.